The van der Waals surface area contributed by atoms with E-state index in [9.17, 15) is 0 Å². The molecule has 5 nitrogen and oxygen atoms in total. The van der Waals surface area contributed by atoms with Crippen LogP contribution in [0.1, 0.15) is 11.1 Å². The first-order chi connectivity index (χ1) is 8.97. The first-order valence-corrected chi connectivity index (χ1v) is 6.02. The summed E-state index contributed by atoms with van der Waals surface area (Å²) in [5.74, 6) is 1.89. The van der Waals surface area contributed by atoms with Crippen molar-refractivity contribution in [3.8, 4) is 11.6 Å². The van der Waals surface area contributed by atoms with Crippen LogP contribution >= 0.6 is 0 Å². The van der Waals surface area contributed by atoms with Gasteiger partial charge < -0.3 is 15.4 Å². The standard InChI is InChI=1S/C14H18N4O/c1-9-8-12(10(2)7-11(9)15)19-13-5-6-16-14(17-13)18(3)4/h5-8H,15H2,1-4H3. The average molecular weight is 258 g/mol. The summed E-state index contributed by atoms with van der Waals surface area (Å²) in [6, 6.07) is 5.55. The number of nitrogen functional groups attached to an aromatic ring is 1. The van der Waals surface area contributed by atoms with Crippen molar-refractivity contribution < 1.29 is 4.74 Å². The molecule has 0 aliphatic rings. The van der Waals surface area contributed by atoms with Crippen LogP contribution in [0.5, 0.6) is 11.6 Å². The van der Waals surface area contributed by atoms with Crippen LogP contribution in [-0.2, 0) is 0 Å². The summed E-state index contributed by atoms with van der Waals surface area (Å²) >= 11 is 0. The molecule has 0 saturated carbocycles. The molecule has 1 heterocycles. The van der Waals surface area contributed by atoms with E-state index in [1.807, 2.05) is 45.0 Å². The van der Waals surface area contributed by atoms with E-state index in [4.69, 9.17) is 10.5 Å². The number of benzene rings is 1. The highest BCUT2D eigenvalue weighted by Gasteiger charge is 2.07. The molecule has 5 heteroatoms. The Morgan fingerprint density at radius 2 is 1.89 bits per heavy atom. The van der Waals surface area contributed by atoms with Crippen molar-refractivity contribution in [2.75, 3.05) is 24.7 Å². The van der Waals surface area contributed by atoms with E-state index in [-0.39, 0.29) is 0 Å². The summed E-state index contributed by atoms with van der Waals surface area (Å²) in [5.41, 5.74) is 8.59. The van der Waals surface area contributed by atoms with Crippen molar-refractivity contribution in [1.29, 1.82) is 0 Å². The predicted molar refractivity (Wildman–Crippen MR) is 76.8 cm³/mol. The van der Waals surface area contributed by atoms with Gasteiger partial charge in [0.05, 0.1) is 0 Å². The molecule has 0 radical (unpaired) electrons. The van der Waals surface area contributed by atoms with E-state index >= 15 is 0 Å². The molecule has 0 spiro atoms. The number of nitrogens with zero attached hydrogens (tertiary/aromatic N) is 3. The molecule has 2 aromatic rings. The van der Waals surface area contributed by atoms with Gasteiger partial charge in [0, 0.05) is 32.0 Å². The molecule has 2 N–H and O–H groups in total. The Morgan fingerprint density at radius 1 is 1.16 bits per heavy atom. The molecule has 0 aliphatic heterocycles. The summed E-state index contributed by atoms with van der Waals surface area (Å²) in [7, 11) is 3.77. The lowest BCUT2D eigenvalue weighted by atomic mass is 10.1. The largest absolute Gasteiger partial charge is 0.439 e. The highest BCUT2D eigenvalue weighted by atomic mass is 16.5. The fraction of sp³-hybridized carbons (Fsp3) is 0.286. The third kappa shape index (κ3) is 2.93. The molecule has 100 valence electrons. The average Bonchev–Trinajstić information content (AvgIpc) is 2.36. The summed E-state index contributed by atoms with van der Waals surface area (Å²) in [6.07, 6.45) is 1.68. The summed E-state index contributed by atoms with van der Waals surface area (Å²) in [5, 5.41) is 0. The SMILES string of the molecule is Cc1cc(Oc2ccnc(N(C)C)n2)c(C)cc1N. The van der Waals surface area contributed by atoms with E-state index in [1.165, 1.54) is 0 Å². The maximum Gasteiger partial charge on any atom is 0.228 e. The molecule has 0 bridgehead atoms. The topological polar surface area (TPSA) is 64.3 Å². The van der Waals surface area contributed by atoms with Crippen LogP contribution in [0.2, 0.25) is 0 Å². The molecule has 1 aromatic heterocycles. The van der Waals surface area contributed by atoms with E-state index in [2.05, 4.69) is 9.97 Å². The quantitative estimate of drug-likeness (QED) is 0.857. The molecule has 0 atom stereocenters. The van der Waals surface area contributed by atoms with Crippen LogP contribution in [0.4, 0.5) is 11.6 Å². The van der Waals surface area contributed by atoms with Crippen LogP contribution in [-0.4, -0.2) is 24.1 Å². The zero-order chi connectivity index (χ0) is 14.0. The van der Waals surface area contributed by atoms with E-state index in [1.54, 1.807) is 12.3 Å². The highest BCUT2D eigenvalue weighted by molar-refractivity contribution is 5.54. The van der Waals surface area contributed by atoms with Crippen LogP contribution in [0.15, 0.2) is 24.4 Å². The lowest BCUT2D eigenvalue weighted by Crippen LogP contribution is -2.12. The first kappa shape index (κ1) is 13.1. The molecule has 1 aromatic carbocycles. The predicted octanol–water partition coefficient (Wildman–Crippen LogP) is 2.53. The zero-order valence-corrected chi connectivity index (χ0v) is 11.6. The molecule has 0 saturated heterocycles. The Kier molecular flexibility index (Phi) is 3.55. The van der Waals surface area contributed by atoms with Gasteiger partial charge in [-0.25, -0.2) is 4.98 Å². The van der Waals surface area contributed by atoms with Crippen LogP contribution < -0.4 is 15.4 Å². The second-order valence-corrected chi connectivity index (χ2v) is 4.67. The van der Waals surface area contributed by atoms with Gasteiger partial charge in [-0.3, -0.25) is 0 Å². The molecular weight excluding hydrogens is 240 g/mol. The fourth-order valence-corrected chi connectivity index (χ4v) is 1.64. The Morgan fingerprint density at radius 3 is 2.58 bits per heavy atom. The van der Waals surface area contributed by atoms with Crippen LogP contribution in [0.25, 0.3) is 0 Å². The summed E-state index contributed by atoms with van der Waals surface area (Å²) < 4.78 is 5.80. The maximum atomic E-state index is 5.86. The van der Waals surface area contributed by atoms with Gasteiger partial charge in [0.15, 0.2) is 0 Å². The summed E-state index contributed by atoms with van der Waals surface area (Å²) in [6.45, 7) is 3.91. The first-order valence-electron chi connectivity index (χ1n) is 6.02. The minimum atomic E-state index is 0.519. The lowest BCUT2D eigenvalue weighted by molar-refractivity contribution is 0.458. The number of rotatable bonds is 3. The van der Waals surface area contributed by atoms with Gasteiger partial charge in [0.25, 0.3) is 0 Å². The van der Waals surface area contributed by atoms with Gasteiger partial charge in [0.2, 0.25) is 11.8 Å². The third-order valence-electron chi connectivity index (χ3n) is 2.80. The summed E-state index contributed by atoms with van der Waals surface area (Å²) in [4.78, 5) is 10.3. The molecule has 0 fully saturated rings. The molecule has 0 unspecified atom stereocenters. The van der Waals surface area contributed by atoms with Gasteiger partial charge in [-0.2, -0.15) is 4.98 Å². The van der Waals surface area contributed by atoms with Gasteiger partial charge in [-0.05, 0) is 37.1 Å². The second kappa shape index (κ2) is 5.14. The Bertz CT molecular complexity index is 596. The number of aryl methyl sites for hydroxylation is 2. The van der Waals surface area contributed by atoms with E-state index < -0.39 is 0 Å². The molecular formula is C14H18N4O. The zero-order valence-electron chi connectivity index (χ0n) is 11.6. The number of hydrogen-bond acceptors (Lipinski definition) is 5. The Hall–Kier alpha value is -2.30. The number of ether oxygens (including phenoxy) is 1. The molecule has 0 aliphatic carbocycles. The smallest absolute Gasteiger partial charge is 0.228 e. The van der Waals surface area contributed by atoms with Gasteiger partial charge in [-0.1, -0.05) is 0 Å². The van der Waals surface area contributed by atoms with Gasteiger partial charge in [0.1, 0.15) is 5.75 Å². The second-order valence-electron chi connectivity index (χ2n) is 4.67. The molecule has 0 amide bonds. The van der Waals surface area contributed by atoms with Crippen LogP contribution in [0, 0.1) is 13.8 Å². The van der Waals surface area contributed by atoms with Crippen molar-refractivity contribution in [2.24, 2.45) is 0 Å². The van der Waals surface area contributed by atoms with Crippen molar-refractivity contribution in [1.82, 2.24) is 9.97 Å². The number of nitrogens with two attached hydrogens (primary N) is 1. The van der Waals surface area contributed by atoms with Crippen molar-refractivity contribution in [2.45, 2.75) is 13.8 Å². The fourth-order valence-electron chi connectivity index (χ4n) is 1.64. The third-order valence-corrected chi connectivity index (χ3v) is 2.80. The van der Waals surface area contributed by atoms with E-state index in [0.717, 1.165) is 22.6 Å². The lowest BCUT2D eigenvalue weighted by Gasteiger charge is -2.13. The van der Waals surface area contributed by atoms with Crippen LogP contribution in [0.3, 0.4) is 0 Å². The Labute approximate surface area is 113 Å². The number of hydrogen-bond donors (Lipinski definition) is 1. The van der Waals surface area contributed by atoms with Gasteiger partial charge >= 0.3 is 0 Å². The minimum absolute atomic E-state index is 0.519. The monoisotopic (exact) mass is 258 g/mol. The normalized spacial score (nSPS) is 10.3. The van der Waals surface area contributed by atoms with Gasteiger partial charge in [-0.15, -0.1) is 0 Å². The Balaban J connectivity index is 2.31. The highest BCUT2D eigenvalue weighted by Crippen LogP contribution is 2.28. The minimum Gasteiger partial charge on any atom is -0.439 e. The number of anilines is 2. The van der Waals surface area contributed by atoms with Crippen molar-refractivity contribution in [3.05, 3.63) is 35.5 Å². The maximum absolute atomic E-state index is 5.86. The number of aromatic nitrogens is 2. The van der Waals surface area contributed by atoms with E-state index in [0.29, 0.717) is 11.8 Å². The molecule has 2 rings (SSSR count). The van der Waals surface area contributed by atoms with Crippen molar-refractivity contribution in [3.63, 3.8) is 0 Å². The molecule has 19 heavy (non-hydrogen) atoms. The van der Waals surface area contributed by atoms with Crippen molar-refractivity contribution >= 4 is 11.6 Å².